The predicted octanol–water partition coefficient (Wildman–Crippen LogP) is 1.06. The Morgan fingerprint density at radius 2 is 2.06 bits per heavy atom. The molecular formula is C12H14N2O4. The maximum absolute atomic E-state index is 11.6. The summed E-state index contributed by atoms with van der Waals surface area (Å²) in [4.78, 5) is 23.5. The van der Waals surface area contributed by atoms with Gasteiger partial charge in [-0.2, -0.15) is 0 Å². The molecule has 1 atom stereocenters. The second kappa shape index (κ2) is 4.95. The van der Waals surface area contributed by atoms with Gasteiger partial charge in [0.25, 0.3) is 0 Å². The molecule has 6 heteroatoms. The molecule has 18 heavy (non-hydrogen) atoms. The van der Waals surface area contributed by atoms with Gasteiger partial charge in [-0.3, -0.25) is 4.90 Å². The highest BCUT2D eigenvalue weighted by Crippen LogP contribution is 2.19. The highest BCUT2D eigenvalue weighted by Gasteiger charge is 2.38. The fourth-order valence-electron chi connectivity index (χ4n) is 1.70. The SMILES string of the molecule is Nc1ccc(COC(=O)N2CCC2C(=O)O)cc1. The van der Waals surface area contributed by atoms with Gasteiger partial charge in [0.2, 0.25) is 0 Å². The third-order valence-electron chi connectivity index (χ3n) is 2.88. The minimum atomic E-state index is -0.995. The highest BCUT2D eigenvalue weighted by molar-refractivity contribution is 5.81. The summed E-state index contributed by atoms with van der Waals surface area (Å²) in [5.41, 5.74) is 6.98. The van der Waals surface area contributed by atoms with Gasteiger partial charge in [0.1, 0.15) is 12.6 Å². The highest BCUT2D eigenvalue weighted by atomic mass is 16.6. The van der Waals surface area contributed by atoms with Crippen LogP contribution in [-0.4, -0.2) is 34.7 Å². The molecule has 6 nitrogen and oxygen atoms in total. The first-order chi connectivity index (χ1) is 8.58. The van der Waals surface area contributed by atoms with E-state index in [9.17, 15) is 9.59 Å². The number of likely N-dealkylation sites (tertiary alicyclic amines) is 1. The molecule has 1 saturated heterocycles. The molecule has 1 aliphatic rings. The van der Waals surface area contributed by atoms with E-state index in [1.54, 1.807) is 24.3 Å². The molecule has 1 heterocycles. The number of hydrogen-bond donors (Lipinski definition) is 2. The molecule has 2 rings (SSSR count). The van der Waals surface area contributed by atoms with Crippen LogP contribution in [0.1, 0.15) is 12.0 Å². The molecule has 0 aliphatic carbocycles. The molecular weight excluding hydrogens is 236 g/mol. The van der Waals surface area contributed by atoms with Crippen molar-refractivity contribution in [2.45, 2.75) is 19.1 Å². The zero-order valence-electron chi connectivity index (χ0n) is 9.70. The van der Waals surface area contributed by atoms with E-state index >= 15 is 0 Å². The van der Waals surface area contributed by atoms with Crippen molar-refractivity contribution in [2.24, 2.45) is 0 Å². The van der Waals surface area contributed by atoms with Crippen molar-refractivity contribution in [1.29, 1.82) is 0 Å². The summed E-state index contributed by atoms with van der Waals surface area (Å²) in [5, 5.41) is 8.81. The topological polar surface area (TPSA) is 92.9 Å². The summed E-state index contributed by atoms with van der Waals surface area (Å²) >= 11 is 0. The summed E-state index contributed by atoms with van der Waals surface area (Å²) in [7, 11) is 0. The van der Waals surface area contributed by atoms with Crippen LogP contribution in [0.2, 0.25) is 0 Å². The lowest BCUT2D eigenvalue weighted by atomic mass is 10.1. The van der Waals surface area contributed by atoms with Crippen LogP contribution in [0.5, 0.6) is 0 Å². The Kier molecular flexibility index (Phi) is 3.36. The van der Waals surface area contributed by atoms with Gasteiger partial charge in [-0.05, 0) is 24.1 Å². The first-order valence-electron chi connectivity index (χ1n) is 5.58. The van der Waals surface area contributed by atoms with E-state index in [1.165, 1.54) is 4.90 Å². The second-order valence-electron chi connectivity index (χ2n) is 4.13. The maximum atomic E-state index is 11.6. The summed E-state index contributed by atoms with van der Waals surface area (Å²) in [6.07, 6.45) is -0.114. The lowest BCUT2D eigenvalue weighted by molar-refractivity contribution is -0.146. The quantitative estimate of drug-likeness (QED) is 0.782. The van der Waals surface area contributed by atoms with Gasteiger partial charge in [-0.1, -0.05) is 12.1 Å². The van der Waals surface area contributed by atoms with Gasteiger partial charge in [0.15, 0.2) is 0 Å². The average Bonchev–Trinajstić information content (AvgIpc) is 2.26. The molecule has 3 N–H and O–H groups in total. The van der Waals surface area contributed by atoms with Crippen molar-refractivity contribution in [2.75, 3.05) is 12.3 Å². The van der Waals surface area contributed by atoms with E-state index in [-0.39, 0.29) is 6.61 Å². The van der Waals surface area contributed by atoms with Gasteiger partial charge in [-0.15, -0.1) is 0 Å². The van der Waals surface area contributed by atoms with Crippen molar-refractivity contribution >= 4 is 17.7 Å². The van der Waals surface area contributed by atoms with Crippen molar-refractivity contribution in [3.63, 3.8) is 0 Å². The predicted molar refractivity (Wildman–Crippen MR) is 63.8 cm³/mol. The molecule has 0 aromatic heterocycles. The number of nitrogens with zero attached hydrogens (tertiary/aromatic N) is 1. The number of benzene rings is 1. The number of nitrogens with two attached hydrogens (primary N) is 1. The molecule has 1 aromatic carbocycles. The first-order valence-corrected chi connectivity index (χ1v) is 5.58. The number of ether oxygens (including phenoxy) is 1. The van der Waals surface area contributed by atoms with E-state index in [0.717, 1.165) is 5.56 Å². The number of rotatable bonds is 3. The second-order valence-corrected chi connectivity index (χ2v) is 4.13. The van der Waals surface area contributed by atoms with Crippen molar-refractivity contribution in [3.8, 4) is 0 Å². The Morgan fingerprint density at radius 3 is 2.56 bits per heavy atom. The summed E-state index contributed by atoms with van der Waals surface area (Å²) < 4.78 is 5.04. The number of carbonyl (C=O) groups excluding carboxylic acids is 1. The molecule has 96 valence electrons. The van der Waals surface area contributed by atoms with Gasteiger partial charge < -0.3 is 15.6 Å². The van der Waals surface area contributed by atoms with Crippen LogP contribution in [0, 0.1) is 0 Å². The lowest BCUT2D eigenvalue weighted by Crippen LogP contribution is -2.55. The molecule has 0 bridgehead atoms. The van der Waals surface area contributed by atoms with Crippen LogP contribution in [-0.2, 0) is 16.1 Å². The van der Waals surface area contributed by atoms with E-state index in [2.05, 4.69) is 0 Å². The minimum Gasteiger partial charge on any atom is -0.480 e. The zero-order chi connectivity index (χ0) is 13.1. The Bertz CT molecular complexity index is 458. The molecule has 1 aromatic rings. The number of amides is 1. The number of hydrogen-bond acceptors (Lipinski definition) is 4. The van der Waals surface area contributed by atoms with Crippen molar-refractivity contribution in [3.05, 3.63) is 29.8 Å². The fraction of sp³-hybridized carbons (Fsp3) is 0.333. The Morgan fingerprint density at radius 1 is 1.39 bits per heavy atom. The van der Waals surface area contributed by atoms with E-state index in [4.69, 9.17) is 15.6 Å². The van der Waals surface area contributed by atoms with Crippen LogP contribution in [0.15, 0.2) is 24.3 Å². The van der Waals surface area contributed by atoms with Crippen LogP contribution >= 0.6 is 0 Å². The standard InChI is InChI=1S/C12H14N2O4/c13-9-3-1-8(2-4-9)7-18-12(17)14-6-5-10(14)11(15)16/h1-4,10H,5-7,13H2,(H,15,16). The van der Waals surface area contributed by atoms with E-state index in [1.807, 2.05) is 0 Å². The van der Waals surface area contributed by atoms with E-state index < -0.39 is 18.1 Å². The Hall–Kier alpha value is -2.24. The molecule has 1 fully saturated rings. The van der Waals surface area contributed by atoms with Gasteiger partial charge in [0, 0.05) is 12.2 Å². The monoisotopic (exact) mass is 250 g/mol. The Balaban J connectivity index is 1.85. The first kappa shape index (κ1) is 12.2. The third-order valence-corrected chi connectivity index (χ3v) is 2.88. The molecule has 0 radical (unpaired) electrons. The largest absolute Gasteiger partial charge is 0.480 e. The van der Waals surface area contributed by atoms with Gasteiger partial charge in [-0.25, -0.2) is 9.59 Å². The van der Waals surface area contributed by atoms with Crippen LogP contribution < -0.4 is 5.73 Å². The maximum Gasteiger partial charge on any atom is 0.410 e. The normalized spacial score (nSPS) is 18.0. The van der Waals surface area contributed by atoms with Gasteiger partial charge >= 0.3 is 12.1 Å². The molecule has 1 unspecified atom stereocenters. The number of carbonyl (C=O) groups is 2. The number of carboxylic acid groups (broad SMARTS) is 1. The number of aliphatic carboxylic acids is 1. The number of carboxylic acids is 1. The van der Waals surface area contributed by atoms with Crippen molar-refractivity contribution < 1.29 is 19.4 Å². The average molecular weight is 250 g/mol. The molecule has 0 spiro atoms. The van der Waals surface area contributed by atoms with Gasteiger partial charge in [0.05, 0.1) is 0 Å². The Labute approximate surface area is 104 Å². The van der Waals surface area contributed by atoms with Crippen molar-refractivity contribution in [1.82, 2.24) is 4.90 Å². The van der Waals surface area contributed by atoms with Crippen LogP contribution in [0.25, 0.3) is 0 Å². The van der Waals surface area contributed by atoms with E-state index in [0.29, 0.717) is 18.7 Å². The lowest BCUT2D eigenvalue weighted by Gasteiger charge is -2.36. The smallest absolute Gasteiger partial charge is 0.410 e. The molecule has 1 aliphatic heterocycles. The third kappa shape index (κ3) is 2.53. The number of nitrogen functional groups attached to an aromatic ring is 1. The molecule has 1 amide bonds. The summed E-state index contributed by atoms with van der Waals surface area (Å²) in [5.74, 6) is -0.995. The molecule has 0 saturated carbocycles. The number of anilines is 1. The fourth-order valence-corrected chi connectivity index (χ4v) is 1.70. The van der Waals surface area contributed by atoms with Crippen LogP contribution in [0.3, 0.4) is 0 Å². The summed E-state index contributed by atoms with van der Waals surface area (Å²) in [6, 6.07) is 6.20. The minimum absolute atomic E-state index is 0.113. The van der Waals surface area contributed by atoms with Crippen LogP contribution in [0.4, 0.5) is 10.5 Å². The zero-order valence-corrected chi connectivity index (χ0v) is 9.70. The summed E-state index contributed by atoms with van der Waals surface area (Å²) in [6.45, 7) is 0.541.